The Morgan fingerprint density at radius 1 is 0.569 bits per heavy atom. The number of hydrogen-bond acceptors (Lipinski definition) is 4. The molecule has 0 amide bonds. The molecule has 0 atom stereocenters. The van der Waals surface area contributed by atoms with Gasteiger partial charge < -0.3 is 4.57 Å². The van der Waals surface area contributed by atoms with E-state index in [0.29, 0.717) is 17.6 Å². The Bertz CT molecular complexity index is 2610. The van der Waals surface area contributed by atoms with E-state index in [-0.39, 0.29) is 5.41 Å². The van der Waals surface area contributed by atoms with Gasteiger partial charge in [-0.3, -0.25) is 4.90 Å². The highest BCUT2D eigenvalue weighted by atomic mass is 15.3. The van der Waals surface area contributed by atoms with Gasteiger partial charge in [0.25, 0.3) is 0 Å². The third-order valence-corrected chi connectivity index (χ3v) is 10.7. The molecule has 1 aliphatic heterocycles. The molecule has 5 heteroatoms. The highest BCUT2D eigenvalue weighted by molar-refractivity contribution is 6.01. The van der Waals surface area contributed by atoms with Crippen LogP contribution in [0.15, 0.2) is 146 Å². The minimum Gasteiger partial charge on any atom is -0.312 e. The second-order valence-electron chi connectivity index (χ2n) is 14.0. The molecular formula is C46H35N5. The van der Waals surface area contributed by atoms with Crippen molar-refractivity contribution in [3.05, 3.63) is 168 Å². The Kier molecular flexibility index (Phi) is 6.59. The van der Waals surface area contributed by atoms with Gasteiger partial charge in [-0.1, -0.05) is 141 Å². The molecule has 10 rings (SSSR count). The summed E-state index contributed by atoms with van der Waals surface area (Å²) in [5.74, 6) is 1.89. The molecular weight excluding hydrogens is 623 g/mol. The Morgan fingerprint density at radius 3 is 1.98 bits per heavy atom. The summed E-state index contributed by atoms with van der Waals surface area (Å²) in [6, 6.07) is 49.4. The van der Waals surface area contributed by atoms with Gasteiger partial charge in [0.05, 0.1) is 22.6 Å². The standard InChI is InChI=1S/C46H35N5/c1-46(2)36-24-12-14-26-40(36)51(45-48-43(31-17-5-3-6-18-31)47-44(49-45)32-19-7-4-8-20-32)42-28-35-34-23-11-13-25-39(34)50(41(35)29-37(42)46)38-27-15-21-30-16-9-10-22-33(30)38/h3-12,14-24,26-29H,13,25H2,1-2H3. The van der Waals surface area contributed by atoms with Crippen molar-refractivity contribution in [3.63, 3.8) is 0 Å². The summed E-state index contributed by atoms with van der Waals surface area (Å²) >= 11 is 0. The molecule has 0 saturated carbocycles. The summed E-state index contributed by atoms with van der Waals surface area (Å²) in [7, 11) is 0. The van der Waals surface area contributed by atoms with Gasteiger partial charge in [0, 0.05) is 38.6 Å². The molecule has 244 valence electrons. The van der Waals surface area contributed by atoms with Crippen LogP contribution in [0.2, 0.25) is 0 Å². The Hall–Kier alpha value is -6.33. The van der Waals surface area contributed by atoms with Crippen molar-refractivity contribution in [1.82, 2.24) is 19.5 Å². The van der Waals surface area contributed by atoms with Crippen LogP contribution in [-0.4, -0.2) is 19.5 Å². The number of hydrogen-bond donors (Lipinski definition) is 0. The van der Waals surface area contributed by atoms with E-state index in [1.165, 1.54) is 49.7 Å². The molecule has 1 aliphatic carbocycles. The zero-order valence-electron chi connectivity index (χ0n) is 28.6. The van der Waals surface area contributed by atoms with Gasteiger partial charge in [-0.2, -0.15) is 9.97 Å². The monoisotopic (exact) mass is 657 g/mol. The molecule has 51 heavy (non-hydrogen) atoms. The zero-order valence-corrected chi connectivity index (χ0v) is 28.6. The number of fused-ring (bicyclic) bond motifs is 6. The summed E-state index contributed by atoms with van der Waals surface area (Å²) in [6.07, 6.45) is 6.64. The van der Waals surface area contributed by atoms with Gasteiger partial charge in [0.1, 0.15) is 0 Å². The first kappa shape index (κ1) is 29.6. The van der Waals surface area contributed by atoms with Crippen molar-refractivity contribution in [1.29, 1.82) is 0 Å². The van der Waals surface area contributed by atoms with Crippen molar-refractivity contribution in [2.45, 2.75) is 32.1 Å². The lowest BCUT2D eigenvalue weighted by Crippen LogP contribution is -2.31. The number of benzene rings is 6. The maximum atomic E-state index is 5.24. The van der Waals surface area contributed by atoms with Gasteiger partial charge in [-0.15, -0.1) is 0 Å². The van der Waals surface area contributed by atoms with E-state index < -0.39 is 0 Å². The normalized spacial score (nSPS) is 14.4. The third kappa shape index (κ3) is 4.58. The molecule has 3 heterocycles. The number of allylic oxidation sites excluding steroid dienone is 1. The molecule has 2 aromatic heterocycles. The molecule has 0 bridgehead atoms. The number of anilines is 3. The number of rotatable bonds is 4. The fourth-order valence-electron chi connectivity index (χ4n) is 8.20. The SMILES string of the molecule is CC1(C)c2ccccc2N(c2nc(-c3ccccc3)nc(-c3ccccc3)n2)c2cc3c4c(n(-c5cccc6ccccc56)c3cc21)CCC=C4. The molecule has 0 radical (unpaired) electrons. The van der Waals surface area contributed by atoms with E-state index in [1.54, 1.807) is 0 Å². The van der Waals surface area contributed by atoms with Crippen LogP contribution in [0.3, 0.4) is 0 Å². The van der Waals surface area contributed by atoms with E-state index in [4.69, 9.17) is 15.0 Å². The van der Waals surface area contributed by atoms with Crippen molar-refractivity contribution in [2.75, 3.05) is 4.90 Å². The third-order valence-electron chi connectivity index (χ3n) is 10.7. The summed E-state index contributed by atoms with van der Waals surface area (Å²) in [5, 5.41) is 3.73. The highest BCUT2D eigenvalue weighted by Gasteiger charge is 2.39. The second kappa shape index (κ2) is 11.4. The summed E-state index contributed by atoms with van der Waals surface area (Å²) in [4.78, 5) is 17.8. The Morgan fingerprint density at radius 2 is 1.22 bits per heavy atom. The maximum Gasteiger partial charge on any atom is 0.238 e. The Labute approximate surface area is 297 Å². The lowest BCUT2D eigenvalue weighted by molar-refractivity contribution is 0.631. The van der Waals surface area contributed by atoms with Crippen molar-refractivity contribution in [3.8, 4) is 28.5 Å². The summed E-state index contributed by atoms with van der Waals surface area (Å²) in [5.41, 5.74) is 11.3. The second-order valence-corrected chi connectivity index (χ2v) is 14.0. The van der Waals surface area contributed by atoms with Crippen molar-refractivity contribution in [2.24, 2.45) is 0 Å². The van der Waals surface area contributed by atoms with Gasteiger partial charge >= 0.3 is 0 Å². The topological polar surface area (TPSA) is 46.8 Å². The van der Waals surface area contributed by atoms with Crippen LogP contribution in [0.5, 0.6) is 0 Å². The van der Waals surface area contributed by atoms with Gasteiger partial charge in [-0.25, -0.2) is 4.98 Å². The molecule has 0 spiro atoms. The molecule has 0 fully saturated rings. The number of nitrogens with zero attached hydrogens (tertiary/aromatic N) is 5. The predicted octanol–water partition coefficient (Wildman–Crippen LogP) is 11.4. The first-order valence-corrected chi connectivity index (χ1v) is 17.7. The number of aromatic nitrogens is 4. The molecule has 0 saturated heterocycles. The fourth-order valence-corrected chi connectivity index (χ4v) is 8.20. The van der Waals surface area contributed by atoms with E-state index >= 15 is 0 Å². The Balaban J connectivity index is 1.28. The lowest BCUT2D eigenvalue weighted by atomic mass is 9.73. The fraction of sp³-hybridized carbons (Fsp3) is 0.109. The molecule has 0 unspecified atom stereocenters. The summed E-state index contributed by atoms with van der Waals surface area (Å²) < 4.78 is 2.53. The first-order chi connectivity index (χ1) is 25.1. The van der Waals surface area contributed by atoms with Crippen LogP contribution in [0.4, 0.5) is 17.3 Å². The molecule has 5 nitrogen and oxygen atoms in total. The van der Waals surface area contributed by atoms with Gasteiger partial charge in [0.15, 0.2) is 11.6 Å². The molecule has 6 aromatic carbocycles. The largest absolute Gasteiger partial charge is 0.312 e. The van der Waals surface area contributed by atoms with E-state index in [9.17, 15) is 0 Å². The highest BCUT2D eigenvalue weighted by Crippen LogP contribution is 2.53. The maximum absolute atomic E-state index is 5.24. The van der Waals surface area contributed by atoms with Crippen molar-refractivity contribution >= 4 is 45.1 Å². The minimum absolute atomic E-state index is 0.293. The van der Waals surface area contributed by atoms with Crippen LogP contribution >= 0.6 is 0 Å². The average Bonchev–Trinajstić information content (AvgIpc) is 3.51. The average molecular weight is 658 g/mol. The minimum atomic E-state index is -0.293. The van der Waals surface area contributed by atoms with Crippen LogP contribution in [0, 0.1) is 0 Å². The van der Waals surface area contributed by atoms with Crippen LogP contribution in [-0.2, 0) is 11.8 Å². The van der Waals surface area contributed by atoms with E-state index in [2.05, 4.69) is 139 Å². The van der Waals surface area contributed by atoms with E-state index in [1.807, 2.05) is 36.4 Å². The van der Waals surface area contributed by atoms with Gasteiger partial charge in [-0.05, 0) is 53.6 Å². The summed E-state index contributed by atoms with van der Waals surface area (Å²) in [6.45, 7) is 4.69. The van der Waals surface area contributed by atoms with Crippen molar-refractivity contribution < 1.29 is 0 Å². The quantitative estimate of drug-likeness (QED) is 0.189. The lowest BCUT2D eigenvalue weighted by Gasteiger charge is -2.41. The molecule has 8 aromatic rings. The van der Waals surface area contributed by atoms with Crippen LogP contribution in [0.25, 0.3) is 56.2 Å². The smallest absolute Gasteiger partial charge is 0.238 e. The first-order valence-electron chi connectivity index (χ1n) is 17.7. The van der Waals surface area contributed by atoms with Crippen LogP contribution in [0.1, 0.15) is 42.7 Å². The predicted molar refractivity (Wildman–Crippen MR) is 209 cm³/mol. The zero-order chi connectivity index (χ0) is 34.1. The molecule has 2 aliphatic rings. The number of para-hydroxylation sites is 1. The van der Waals surface area contributed by atoms with Gasteiger partial charge in [0.2, 0.25) is 5.95 Å². The molecule has 0 N–H and O–H groups in total. The van der Waals surface area contributed by atoms with Crippen LogP contribution < -0.4 is 4.90 Å². The van der Waals surface area contributed by atoms with E-state index in [0.717, 1.165) is 35.3 Å².